The largest absolute Gasteiger partial charge is 0.461 e. The van der Waals surface area contributed by atoms with Crippen molar-refractivity contribution in [1.82, 2.24) is 0 Å². The summed E-state index contributed by atoms with van der Waals surface area (Å²) in [5.74, 6) is -0.473. The highest BCUT2D eigenvalue weighted by Crippen LogP contribution is 2.22. The van der Waals surface area contributed by atoms with Crippen molar-refractivity contribution >= 4 is 11.7 Å². The molecule has 0 saturated carbocycles. The van der Waals surface area contributed by atoms with Gasteiger partial charge in [0.05, 0.1) is 12.2 Å². The predicted molar refractivity (Wildman–Crippen MR) is 49.9 cm³/mol. The lowest BCUT2D eigenvalue weighted by Gasteiger charge is -2.22. The Morgan fingerprint density at radius 1 is 1.79 bits per heavy atom. The summed E-state index contributed by atoms with van der Waals surface area (Å²) in [7, 11) is 0. The molecule has 0 aromatic carbocycles. The van der Waals surface area contributed by atoms with Gasteiger partial charge in [-0.1, -0.05) is 5.16 Å². The summed E-state index contributed by atoms with van der Waals surface area (Å²) in [4.78, 5) is 16.1. The molecule has 0 aliphatic carbocycles. The summed E-state index contributed by atoms with van der Waals surface area (Å²) >= 11 is 0. The molecule has 0 saturated heterocycles. The standard InChI is InChI=1S/C9H15NO4/c1-4-13-8(11)6-5-7(14-10-6)9(2,3)12/h7,12H,4-5H2,1-3H3. The SMILES string of the molecule is CCOC(=O)C1=NOC(C(C)(C)O)C1. The summed E-state index contributed by atoms with van der Waals surface area (Å²) in [6.45, 7) is 5.26. The van der Waals surface area contributed by atoms with E-state index in [4.69, 9.17) is 9.57 Å². The zero-order valence-corrected chi connectivity index (χ0v) is 8.61. The lowest BCUT2D eigenvalue weighted by atomic mass is 9.97. The molecule has 0 bridgehead atoms. The van der Waals surface area contributed by atoms with E-state index >= 15 is 0 Å². The number of esters is 1. The minimum absolute atomic E-state index is 0.235. The first kappa shape index (κ1) is 11.0. The van der Waals surface area contributed by atoms with E-state index in [1.54, 1.807) is 20.8 Å². The third-order valence-corrected chi connectivity index (χ3v) is 1.97. The van der Waals surface area contributed by atoms with E-state index in [-0.39, 0.29) is 5.71 Å². The minimum atomic E-state index is -1.00. The van der Waals surface area contributed by atoms with Crippen LogP contribution in [-0.4, -0.2) is 35.1 Å². The van der Waals surface area contributed by atoms with Crippen molar-refractivity contribution < 1.29 is 19.5 Å². The first-order chi connectivity index (χ1) is 6.45. The Balaban J connectivity index is 2.52. The van der Waals surface area contributed by atoms with Crippen LogP contribution in [0.4, 0.5) is 0 Å². The molecule has 80 valence electrons. The molecule has 0 amide bonds. The van der Waals surface area contributed by atoms with Crippen LogP contribution in [0.5, 0.6) is 0 Å². The van der Waals surface area contributed by atoms with E-state index in [9.17, 15) is 9.90 Å². The van der Waals surface area contributed by atoms with Crippen molar-refractivity contribution in [2.24, 2.45) is 5.16 Å². The molecule has 1 atom stereocenters. The van der Waals surface area contributed by atoms with Crippen LogP contribution in [0.1, 0.15) is 27.2 Å². The molecule has 14 heavy (non-hydrogen) atoms. The highest BCUT2D eigenvalue weighted by atomic mass is 16.7. The van der Waals surface area contributed by atoms with Crippen LogP contribution < -0.4 is 0 Å². The molecule has 0 spiro atoms. The Labute approximate surface area is 82.7 Å². The van der Waals surface area contributed by atoms with Gasteiger partial charge in [-0.15, -0.1) is 0 Å². The second kappa shape index (κ2) is 3.96. The lowest BCUT2D eigenvalue weighted by Crippen LogP contribution is -2.36. The Bertz CT molecular complexity index is 254. The molecule has 5 heteroatoms. The second-order valence-electron chi connectivity index (χ2n) is 3.71. The smallest absolute Gasteiger partial charge is 0.356 e. The fourth-order valence-corrected chi connectivity index (χ4v) is 1.09. The van der Waals surface area contributed by atoms with Gasteiger partial charge < -0.3 is 14.7 Å². The van der Waals surface area contributed by atoms with Crippen molar-refractivity contribution in [2.45, 2.75) is 38.9 Å². The Kier molecular flexibility index (Phi) is 3.10. The highest BCUT2D eigenvalue weighted by Gasteiger charge is 2.36. The molecular weight excluding hydrogens is 186 g/mol. The average molecular weight is 201 g/mol. The maximum atomic E-state index is 11.2. The summed E-state index contributed by atoms with van der Waals surface area (Å²) < 4.78 is 4.76. The van der Waals surface area contributed by atoms with Crippen molar-refractivity contribution in [3.05, 3.63) is 0 Å². The highest BCUT2D eigenvalue weighted by molar-refractivity contribution is 6.36. The van der Waals surface area contributed by atoms with Crippen LogP contribution in [-0.2, 0) is 14.4 Å². The Hall–Kier alpha value is -1.10. The topological polar surface area (TPSA) is 68.1 Å². The third-order valence-electron chi connectivity index (χ3n) is 1.97. The van der Waals surface area contributed by atoms with Gasteiger partial charge in [-0.3, -0.25) is 0 Å². The van der Waals surface area contributed by atoms with Crippen molar-refractivity contribution in [2.75, 3.05) is 6.61 Å². The van der Waals surface area contributed by atoms with Gasteiger partial charge in [0.1, 0.15) is 0 Å². The van der Waals surface area contributed by atoms with Crippen LogP contribution in [0, 0.1) is 0 Å². The maximum absolute atomic E-state index is 11.2. The number of hydrogen-bond acceptors (Lipinski definition) is 5. The van der Waals surface area contributed by atoms with Crippen LogP contribution in [0.25, 0.3) is 0 Å². The lowest BCUT2D eigenvalue weighted by molar-refractivity contribution is -0.135. The van der Waals surface area contributed by atoms with E-state index in [0.717, 1.165) is 0 Å². The van der Waals surface area contributed by atoms with Crippen LogP contribution >= 0.6 is 0 Å². The summed E-state index contributed by atoms with van der Waals surface area (Å²) in [5, 5.41) is 13.2. The molecule has 1 heterocycles. The summed E-state index contributed by atoms with van der Waals surface area (Å²) in [5.41, 5.74) is -0.767. The van der Waals surface area contributed by atoms with E-state index in [1.165, 1.54) is 0 Å². The molecular formula is C9H15NO4. The Morgan fingerprint density at radius 3 is 2.86 bits per heavy atom. The Morgan fingerprint density at radius 2 is 2.43 bits per heavy atom. The number of nitrogens with zero attached hydrogens (tertiary/aromatic N) is 1. The number of rotatable bonds is 3. The number of ether oxygens (including phenoxy) is 1. The van der Waals surface area contributed by atoms with Gasteiger partial charge in [-0.05, 0) is 20.8 Å². The summed E-state index contributed by atoms with van der Waals surface area (Å²) in [6, 6.07) is 0. The van der Waals surface area contributed by atoms with Crippen molar-refractivity contribution in [3.8, 4) is 0 Å². The van der Waals surface area contributed by atoms with Gasteiger partial charge in [-0.25, -0.2) is 4.79 Å². The molecule has 1 rings (SSSR count). The second-order valence-corrected chi connectivity index (χ2v) is 3.71. The van der Waals surface area contributed by atoms with E-state index in [0.29, 0.717) is 13.0 Å². The number of carbonyl (C=O) groups excluding carboxylic acids is 1. The van der Waals surface area contributed by atoms with Crippen molar-refractivity contribution in [1.29, 1.82) is 0 Å². The zero-order valence-electron chi connectivity index (χ0n) is 8.61. The van der Waals surface area contributed by atoms with Gasteiger partial charge in [0.25, 0.3) is 0 Å². The average Bonchev–Trinajstić information content (AvgIpc) is 2.51. The van der Waals surface area contributed by atoms with E-state index in [2.05, 4.69) is 5.16 Å². The molecule has 5 nitrogen and oxygen atoms in total. The third kappa shape index (κ3) is 2.45. The molecule has 1 N–H and O–H groups in total. The molecule has 0 radical (unpaired) electrons. The van der Waals surface area contributed by atoms with E-state index in [1.807, 2.05) is 0 Å². The number of aliphatic hydroxyl groups is 1. The molecule has 1 aliphatic heterocycles. The van der Waals surface area contributed by atoms with Crippen molar-refractivity contribution in [3.63, 3.8) is 0 Å². The number of oxime groups is 1. The summed E-state index contributed by atoms with van der Waals surface area (Å²) in [6.07, 6.45) is -0.176. The fraction of sp³-hybridized carbons (Fsp3) is 0.778. The first-order valence-electron chi connectivity index (χ1n) is 4.57. The molecule has 0 aromatic heterocycles. The molecule has 0 aromatic rings. The molecule has 1 aliphatic rings. The van der Waals surface area contributed by atoms with Crippen LogP contribution in [0.2, 0.25) is 0 Å². The van der Waals surface area contributed by atoms with Gasteiger partial charge in [0.15, 0.2) is 11.8 Å². The minimum Gasteiger partial charge on any atom is -0.461 e. The van der Waals surface area contributed by atoms with Gasteiger partial charge in [0, 0.05) is 6.42 Å². The van der Waals surface area contributed by atoms with Gasteiger partial charge >= 0.3 is 5.97 Å². The van der Waals surface area contributed by atoms with Crippen LogP contribution in [0.15, 0.2) is 5.16 Å². The maximum Gasteiger partial charge on any atom is 0.356 e. The molecule has 0 fully saturated rings. The number of hydrogen-bond donors (Lipinski definition) is 1. The number of carbonyl (C=O) groups is 1. The molecule has 1 unspecified atom stereocenters. The van der Waals surface area contributed by atoms with Crippen LogP contribution in [0.3, 0.4) is 0 Å². The first-order valence-corrected chi connectivity index (χ1v) is 4.57. The van der Waals surface area contributed by atoms with Gasteiger partial charge in [0.2, 0.25) is 0 Å². The van der Waals surface area contributed by atoms with Gasteiger partial charge in [-0.2, -0.15) is 0 Å². The fourth-order valence-electron chi connectivity index (χ4n) is 1.09. The quantitative estimate of drug-likeness (QED) is 0.674. The monoisotopic (exact) mass is 201 g/mol. The normalized spacial score (nSPS) is 21.4. The van der Waals surface area contributed by atoms with E-state index < -0.39 is 17.7 Å². The zero-order chi connectivity index (χ0) is 10.8. The predicted octanol–water partition coefficient (Wildman–Crippen LogP) is 0.465.